The van der Waals surface area contributed by atoms with Crippen LogP contribution < -0.4 is 9.47 Å². The summed E-state index contributed by atoms with van der Waals surface area (Å²) in [6, 6.07) is 3.79. The highest BCUT2D eigenvalue weighted by Gasteiger charge is 2.41. The Bertz CT molecular complexity index is 424. The van der Waals surface area contributed by atoms with Gasteiger partial charge in [0, 0.05) is 25.2 Å². The molecule has 0 bridgehead atoms. The van der Waals surface area contributed by atoms with Gasteiger partial charge in [-0.25, -0.2) is 0 Å². The fraction of sp³-hybridized carbons (Fsp3) is 0.571. The maximum atomic E-state index is 10.1. The van der Waals surface area contributed by atoms with Gasteiger partial charge in [0.15, 0.2) is 0 Å². The van der Waals surface area contributed by atoms with E-state index in [-0.39, 0.29) is 0 Å². The van der Waals surface area contributed by atoms with Crippen LogP contribution in [0.1, 0.15) is 24.0 Å². The monoisotopic (exact) mass is 252 g/mol. The molecule has 4 heteroatoms. The lowest BCUT2D eigenvalue weighted by Crippen LogP contribution is -2.14. The van der Waals surface area contributed by atoms with Crippen LogP contribution in [0.25, 0.3) is 0 Å². The second-order valence-electron chi connectivity index (χ2n) is 4.80. The highest BCUT2D eigenvalue weighted by molar-refractivity contribution is 5.47. The molecule has 2 rings (SSSR count). The minimum atomic E-state index is -0.551. The van der Waals surface area contributed by atoms with Crippen molar-refractivity contribution in [3.8, 4) is 11.5 Å². The number of benzene rings is 1. The Morgan fingerprint density at radius 3 is 2.39 bits per heavy atom. The normalized spacial score (nSPS) is 16.4. The first-order chi connectivity index (χ1) is 8.61. The molecule has 0 heterocycles. The van der Waals surface area contributed by atoms with Gasteiger partial charge < -0.3 is 19.3 Å². The summed E-state index contributed by atoms with van der Waals surface area (Å²) in [5.74, 6) is 1.49. The number of aliphatic hydroxyl groups is 1. The maximum Gasteiger partial charge on any atom is 0.126 e. The number of hydrogen-bond donors (Lipinski definition) is 1. The summed E-state index contributed by atoms with van der Waals surface area (Å²) >= 11 is 0. The molecular formula is C14H20O4. The lowest BCUT2D eigenvalue weighted by molar-refractivity contribution is 0.147. The van der Waals surface area contributed by atoms with E-state index in [1.54, 1.807) is 21.3 Å². The molecule has 0 spiro atoms. The summed E-state index contributed by atoms with van der Waals surface area (Å²) in [6.07, 6.45) is 2.32. The van der Waals surface area contributed by atoms with Crippen LogP contribution in [0.3, 0.4) is 0 Å². The third-order valence-corrected chi connectivity index (χ3v) is 3.36. The second kappa shape index (κ2) is 5.16. The summed E-state index contributed by atoms with van der Waals surface area (Å²) in [7, 11) is 4.91. The molecule has 0 aromatic heterocycles. The third kappa shape index (κ3) is 2.76. The molecule has 100 valence electrons. The first kappa shape index (κ1) is 13.2. The number of methoxy groups -OCH3 is 3. The van der Waals surface area contributed by atoms with Crippen molar-refractivity contribution in [2.75, 3.05) is 21.3 Å². The van der Waals surface area contributed by atoms with Gasteiger partial charge in [-0.15, -0.1) is 0 Å². The summed E-state index contributed by atoms with van der Waals surface area (Å²) in [5.41, 5.74) is 1.47. The molecule has 0 saturated heterocycles. The van der Waals surface area contributed by atoms with Crippen LogP contribution in [0.2, 0.25) is 0 Å². The first-order valence-corrected chi connectivity index (χ1v) is 6.07. The minimum Gasteiger partial charge on any atom is -0.497 e. The summed E-state index contributed by atoms with van der Waals surface area (Å²) in [5, 5.41) is 10.1. The van der Waals surface area contributed by atoms with Crippen LogP contribution in [0, 0.1) is 0 Å². The van der Waals surface area contributed by atoms with Gasteiger partial charge in [0.25, 0.3) is 0 Å². The molecule has 4 nitrogen and oxygen atoms in total. The summed E-state index contributed by atoms with van der Waals surface area (Å²) in [6.45, 7) is 0.485. The molecule has 0 unspecified atom stereocenters. The van der Waals surface area contributed by atoms with Crippen LogP contribution in [-0.4, -0.2) is 32.0 Å². The van der Waals surface area contributed by atoms with Crippen LogP contribution >= 0.6 is 0 Å². The van der Waals surface area contributed by atoms with Gasteiger partial charge in [0.05, 0.1) is 26.4 Å². The minimum absolute atomic E-state index is 0.485. The lowest BCUT2D eigenvalue weighted by atomic mass is 9.99. The van der Waals surface area contributed by atoms with Crippen molar-refractivity contribution >= 4 is 0 Å². The lowest BCUT2D eigenvalue weighted by Gasteiger charge is -2.17. The maximum absolute atomic E-state index is 10.1. The second-order valence-corrected chi connectivity index (χ2v) is 4.80. The fourth-order valence-corrected chi connectivity index (χ4v) is 2.11. The average Bonchev–Trinajstić information content (AvgIpc) is 3.09. The molecule has 1 aromatic carbocycles. The van der Waals surface area contributed by atoms with Crippen molar-refractivity contribution in [1.82, 2.24) is 0 Å². The zero-order valence-corrected chi connectivity index (χ0v) is 11.2. The number of rotatable bonds is 6. The molecule has 1 aromatic rings. The van der Waals surface area contributed by atoms with Crippen molar-refractivity contribution in [2.45, 2.75) is 31.5 Å². The Hall–Kier alpha value is -1.26. The molecule has 1 aliphatic rings. The van der Waals surface area contributed by atoms with Gasteiger partial charge in [-0.3, -0.25) is 0 Å². The number of hydrogen-bond acceptors (Lipinski definition) is 4. The van der Waals surface area contributed by atoms with Crippen LogP contribution in [0.5, 0.6) is 11.5 Å². The van der Waals surface area contributed by atoms with Crippen LogP contribution in [0.15, 0.2) is 12.1 Å². The fourth-order valence-electron chi connectivity index (χ4n) is 2.11. The molecular weight excluding hydrogens is 232 g/mol. The molecule has 0 radical (unpaired) electrons. The first-order valence-electron chi connectivity index (χ1n) is 6.07. The van der Waals surface area contributed by atoms with Crippen LogP contribution in [-0.2, 0) is 17.8 Å². The van der Waals surface area contributed by atoms with Gasteiger partial charge in [0.2, 0.25) is 0 Å². The molecule has 1 aliphatic carbocycles. The Balaban J connectivity index is 2.38. The van der Waals surface area contributed by atoms with Gasteiger partial charge in [-0.1, -0.05) is 0 Å². The molecule has 0 aliphatic heterocycles. The molecule has 1 fully saturated rings. The Labute approximate surface area is 107 Å². The van der Waals surface area contributed by atoms with E-state index in [4.69, 9.17) is 14.2 Å². The molecule has 18 heavy (non-hydrogen) atoms. The third-order valence-electron chi connectivity index (χ3n) is 3.36. The highest BCUT2D eigenvalue weighted by Crippen LogP contribution is 2.42. The predicted molar refractivity (Wildman–Crippen MR) is 68.1 cm³/mol. The topological polar surface area (TPSA) is 47.9 Å². The van der Waals surface area contributed by atoms with Gasteiger partial charge in [0.1, 0.15) is 11.5 Å². The van der Waals surface area contributed by atoms with Gasteiger partial charge in [-0.2, -0.15) is 0 Å². The van der Waals surface area contributed by atoms with Crippen molar-refractivity contribution in [3.63, 3.8) is 0 Å². The quantitative estimate of drug-likeness (QED) is 0.840. The van der Waals surface area contributed by atoms with E-state index in [1.807, 2.05) is 12.1 Å². The van der Waals surface area contributed by atoms with E-state index in [9.17, 15) is 5.11 Å². The molecule has 1 saturated carbocycles. The zero-order chi connectivity index (χ0) is 13.2. The van der Waals surface area contributed by atoms with Gasteiger partial charge >= 0.3 is 0 Å². The predicted octanol–water partition coefficient (Wildman–Crippen LogP) is 1.92. The molecule has 0 atom stereocenters. The van der Waals surface area contributed by atoms with E-state index < -0.39 is 5.60 Å². The van der Waals surface area contributed by atoms with Gasteiger partial charge in [-0.05, 0) is 24.5 Å². The zero-order valence-electron chi connectivity index (χ0n) is 11.2. The average molecular weight is 252 g/mol. The van der Waals surface area contributed by atoms with E-state index in [0.29, 0.717) is 13.0 Å². The van der Waals surface area contributed by atoms with E-state index in [2.05, 4.69) is 0 Å². The summed E-state index contributed by atoms with van der Waals surface area (Å²) in [4.78, 5) is 0. The van der Waals surface area contributed by atoms with Crippen LogP contribution in [0.4, 0.5) is 0 Å². The highest BCUT2D eigenvalue weighted by atomic mass is 16.5. The molecule has 0 amide bonds. The SMILES string of the molecule is COCc1cc(OC)cc(OC)c1CC1(O)CC1. The Morgan fingerprint density at radius 2 is 1.89 bits per heavy atom. The Kier molecular flexibility index (Phi) is 3.78. The summed E-state index contributed by atoms with van der Waals surface area (Å²) < 4.78 is 15.9. The van der Waals surface area contributed by atoms with Crippen molar-refractivity contribution < 1.29 is 19.3 Å². The van der Waals surface area contributed by atoms with E-state index >= 15 is 0 Å². The smallest absolute Gasteiger partial charge is 0.126 e. The van der Waals surface area contributed by atoms with E-state index in [1.165, 1.54) is 0 Å². The molecule has 1 N–H and O–H groups in total. The number of ether oxygens (including phenoxy) is 3. The largest absolute Gasteiger partial charge is 0.497 e. The van der Waals surface area contributed by atoms with Crippen molar-refractivity contribution in [3.05, 3.63) is 23.3 Å². The Morgan fingerprint density at radius 1 is 1.17 bits per heavy atom. The van der Waals surface area contributed by atoms with Crippen molar-refractivity contribution in [2.24, 2.45) is 0 Å². The van der Waals surface area contributed by atoms with Crippen molar-refractivity contribution in [1.29, 1.82) is 0 Å². The standard InChI is InChI=1S/C14H20O4/c1-16-9-10-6-11(17-2)7-13(18-3)12(10)8-14(15)4-5-14/h6-7,15H,4-5,8-9H2,1-3H3. The van der Waals surface area contributed by atoms with E-state index in [0.717, 1.165) is 35.5 Å².